The molecular weight excluding hydrogens is 324 g/mol. The molecule has 1 amide bonds. The summed E-state index contributed by atoms with van der Waals surface area (Å²) in [6.07, 6.45) is 0.490. The molecule has 0 saturated heterocycles. The number of carbonyl (C=O) groups excluding carboxylic acids is 2. The molecule has 1 N–H and O–H groups in total. The summed E-state index contributed by atoms with van der Waals surface area (Å²) in [7, 11) is 0. The Morgan fingerprint density at radius 2 is 2.17 bits per heavy atom. The van der Waals surface area contributed by atoms with Gasteiger partial charge in [0.1, 0.15) is 0 Å². The number of Topliss-reactive ketones (excluding diaryl/α,β-unsaturated/α-hetero) is 1. The zero-order valence-corrected chi connectivity index (χ0v) is 14.9. The highest BCUT2D eigenvalue weighted by molar-refractivity contribution is 7.12. The first kappa shape index (κ1) is 16.9. The molecule has 0 aliphatic carbocycles. The number of nitrogens with zero attached hydrogens (tertiary/aromatic N) is 3. The summed E-state index contributed by atoms with van der Waals surface area (Å²) in [6, 6.07) is 4.06. The highest BCUT2D eigenvalue weighted by Crippen LogP contribution is 2.20. The quantitative estimate of drug-likeness (QED) is 0.814. The Labute approximate surface area is 145 Å². The number of thiophene rings is 1. The number of nitrogens with one attached hydrogen (secondary N) is 1. The number of aromatic nitrogens is 2. The van der Waals surface area contributed by atoms with E-state index in [0.29, 0.717) is 13.0 Å². The maximum absolute atomic E-state index is 11.4. The van der Waals surface area contributed by atoms with Gasteiger partial charge in [0.05, 0.1) is 29.4 Å². The van der Waals surface area contributed by atoms with E-state index in [1.165, 1.54) is 22.6 Å². The van der Waals surface area contributed by atoms with Crippen molar-refractivity contribution in [3.05, 3.63) is 39.3 Å². The number of carbonyl (C=O) groups is 2. The molecule has 0 radical (unpaired) electrons. The Hall–Kier alpha value is -1.99. The fourth-order valence-corrected chi connectivity index (χ4v) is 3.62. The van der Waals surface area contributed by atoms with Crippen LogP contribution in [-0.2, 0) is 31.0 Å². The van der Waals surface area contributed by atoms with Crippen molar-refractivity contribution in [2.45, 2.75) is 46.4 Å². The Balaban J connectivity index is 1.60. The Kier molecular flexibility index (Phi) is 5.11. The van der Waals surface area contributed by atoms with Crippen LogP contribution in [0.3, 0.4) is 0 Å². The number of hydrogen-bond acceptors (Lipinski definition) is 5. The minimum absolute atomic E-state index is 0.0429. The van der Waals surface area contributed by atoms with E-state index in [0.717, 1.165) is 36.8 Å². The maximum atomic E-state index is 11.4. The first-order valence-electron chi connectivity index (χ1n) is 8.18. The second kappa shape index (κ2) is 7.27. The van der Waals surface area contributed by atoms with Crippen molar-refractivity contribution in [2.75, 3.05) is 6.54 Å². The molecule has 128 valence electrons. The lowest BCUT2D eigenvalue weighted by molar-refractivity contribution is -0.120. The molecule has 0 unspecified atom stereocenters. The molecule has 1 aliphatic rings. The van der Waals surface area contributed by atoms with Crippen molar-refractivity contribution >= 4 is 23.0 Å². The van der Waals surface area contributed by atoms with E-state index in [2.05, 4.69) is 26.8 Å². The van der Waals surface area contributed by atoms with Gasteiger partial charge in [-0.1, -0.05) is 6.92 Å². The molecule has 0 aromatic carbocycles. The van der Waals surface area contributed by atoms with E-state index in [9.17, 15) is 9.59 Å². The van der Waals surface area contributed by atoms with Gasteiger partial charge in [0.2, 0.25) is 5.91 Å². The van der Waals surface area contributed by atoms with Crippen LogP contribution in [0.25, 0.3) is 0 Å². The van der Waals surface area contributed by atoms with Crippen molar-refractivity contribution < 1.29 is 9.59 Å². The number of amides is 1. The van der Waals surface area contributed by atoms with Crippen LogP contribution in [0, 0.1) is 0 Å². The topological polar surface area (TPSA) is 67.2 Å². The highest BCUT2D eigenvalue weighted by atomic mass is 32.1. The number of rotatable bonds is 6. The van der Waals surface area contributed by atoms with Gasteiger partial charge in [-0.3, -0.25) is 19.2 Å². The summed E-state index contributed by atoms with van der Waals surface area (Å²) >= 11 is 1.51. The van der Waals surface area contributed by atoms with Gasteiger partial charge in [0, 0.05) is 26.1 Å². The lowest BCUT2D eigenvalue weighted by Crippen LogP contribution is -2.33. The first-order chi connectivity index (χ1) is 11.5. The fraction of sp³-hybridized carbons (Fsp3) is 0.471. The van der Waals surface area contributed by atoms with Gasteiger partial charge < -0.3 is 5.32 Å². The smallest absolute Gasteiger partial charge is 0.220 e. The minimum atomic E-state index is 0.0429. The average Bonchev–Trinajstić information content (AvgIpc) is 3.18. The lowest BCUT2D eigenvalue weighted by atomic mass is 10.2. The molecule has 0 spiro atoms. The first-order valence-corrected chi connectivity index (χ1v) is 9.06. The summed E-state index contributed by atoms with van der Waals surface area (Å²) in [6.45, 7) is 7.39. The van der Waals surface area contributed by atoms with E-state index in [1.54, 1.807) is 6.92 Å². The lowest BCUT2D eigenvalue weighted by Gasteiger charge is -2.27. The summed E-state index contributed by atoms with van der Waals surface area (Å²) in [5.41, 5.74) is 3.26. The van der Waals surface area contributed by atoms with Crippen LogP contribution in [0.1, 0.15) is 46.9 Å². The van der Waals surface area contributed by atoms with E-state index in [-0.39, 0.29) is 11.7 Å². The fourth-order valence-electron chi connectivity index (χ4n) is 2.82. The summed E-state index contributed by atoms with van der Waals surface area (Å²) in [5, 5.41) is 9.49. The Morgan fingerprint density at radius 3 is 2.88 bits per heavy atom. The molecule has 0 saturated carbocycles. The van der Waals surface area contributed by atoms with Crippen LogP contribution < -0.4 is 5.32 Å². The molecule has 2 aromatic rings. The van der Waals surface area contributed by atoms with E-state index in [1.807, 2.05) is 17.7 Å². The standard InChI is InChI=1S/C17H22N4O2S/c1-3-17(23)18-8-14-7-15-10-20(4-5-21(15)19-14)9-13-6-16(12(2)22)24-11-13/h6-7,11H,3-5,8-10H2,1-2H3,(H,18,23). The summed E-state index contributed by atoms with van der Waals surface area (Å²) in [5.74, 6) is 0.170. The summed E-state index contributed by atoms with van der Waals surface area (Å²) < 4.78 is 2.03. The van der Waals surface area contributed by atoms with Crippen LogP contribution in [-0.4, -0.2) is 32.9 Å². The second-order valence-corrected chi connectivity index (χ2v) is 6.98. The van der Waals surface area contributed by atoms with Gasteiger partial charge in [0.15, 0.2) is 5.78 Å². The van der Waals surface area contributed by atoms with Gasteiger partial charge in [-0.2, -0.15) is 5.10 Å². The Bertz CT molecular complexity index is 750. The van der Waals surface area contributed by atoms with Crippen molar-refractivity contribution in [1.82, 2.24) is 20.0 Å². The molecule has 0 atom stereocenters. The van der Waals surface area contributed by atoms with Crippen LogP contribution in [0.2, 0.25) is 0 Å². The zero-order valence-electron chi connectivity index (χ0n) is 14.0. The summed E-state index contributed by atoms with van der Waals surface area (Å²) in [4.78, 5) is 25.9. The molecule has 3 rings (SSSR count). The molecule has 6 nitrogen and oxygen atoms in total. The molecule has 0 fully saturated rings. The molecular formula is C17H22N4O2S. The zero-order chi connectivity index (χ0) is 17.1. The highest BCUT2D eigenvalue weighted by Gasteiger charge is 2.19. The molecule has 1 aliphatic heterocycles. The third-order valence-electron chi connectivity index (χ3n) is 4.12. The monoisotopic (exact) mass is 346 g/mol. The minimum Gasteiger partial charge on any atom is -0.350 e. The number of fused-ring (bicyclic) bond motifs is 1. The molecule has 0 bridgehead atoms. The van der Waals surface area contributed by atoms with E-state index >= 15 is 0 Å². The van der Waals surface area contributed by atoms with Gasteiger partial charge in [-0.25, -0.2) is 0 Å². The van der Waals surface area contributed by atoms with Crippen molar-refractivity contribution in [1.29, 1.82) is 0 Å². The van der Waals surface area contributed by atoms with Crippen LogP contribution in [0.5, 0.6) is 0 Å². The molecule has 3 heterocycles. The predicted molar refractivity (Wildman–Crippen MR) is 92.8 cm³/mol. The number of hydrogen-bond donors (Lipinski definition) is 1. The SMILES string of the molecule is CCC(=O)NCc1cc2n(n1)CCN(Cc1csc(C(C)=O)c1)C2. The third kappa shape index (κ3) is 3.91. The largest absolute Gasteiger partial charge is 0.350 e. The van der Waals surface area contributed by atoms with Crippen LogP contribution >= 0.6 is 11.3 Å². The third-order valence-corrected chi connectivity index (χ3v) is 5.20. The van der Waals surface area contributed by atoms with Crippen molar-refractivity contribution in [2.24, 2.45) is 0 Å². The second-order valence-electron chi connectivity index (χ2n) is 6.07. The molecule has 2 aromatic heterocycles. The molecule has 24 heavy (non-hydrogen) atoms. The predicted octanol–water partition coefficient (Wildman–Crippen LogP) is 2.19. The van der Waals surface area contributed by atoms with Gasteiger partial charge >= 0.3 is 0 Å². The van der Waals surface area contributed by atoms with Gasteiger partial charge in [0.25, 0.3) is 0 Å². The van der Waals surface area contributed by atoms with E-state index < -0.39 is 0 Å². The van der Waals surface area contributed by atoms with Crippen LogP contribution in [0.15, 0.2) is 17.5 Å². The van der Waals surface area contributed by atoms with Gasteiger partial charge in [-0.05, 0) is 30.0 Å². The average molecular weight is 346 g/mol. The normalized spacial score (nSPS) is 14.4. The van der Waals surface area contributed by atoms with Crippen LogP contribution in [0.4, 0.5) is 0 Å². The van der Waals surface area contributed by atoms with Gasteiger partial charge in [-0.15, -0.1) is 11.3 Å². The number of ketones is 1. The maximum Gasteiger partial charge on any atom is 0.220 e. The van der Waals surface area contributed by atoms with Crippen molar-refractivity contribution in [3.63, 3.8) is 0 Å². The van der Waals surface area contributed by atoms with Crippen molar-refractivity contribution in [3.8, 4) is 0 Å². The Morgan fingerprint density at radius 1 is 1.33 bits per heavy atom. The molecule has 7 heteroatoms. The van der Waals surface area contributed by atoms with E-state index in [4.69, 9.17) is 0 Å².